The maximum Gasteiger partial charge on any atom is 0.258 e. The second-order valence-corrected chi connectivity index (χ2v) is 9.14. The molecule has 6 nitrogen and oxygen atoms in total. The zero-order valence-electron chi connectivity index (χ0n) is 17.9. The van der Waals surface area contributed by atoms with Crippen molar-refractivity contribution >= 4 is 29.1 Å². The topological polar surface area (TPSA) is 69.7 Å². The van der Waals surface area contributed by atoms with Crippen LogP contribution in [0.15, 0.2) is 61.2 Å². The first-order valence-corrected chi connectivity index (χ1v) is 10.5. The molecule has 3 aliphatic heterocycles. The number of amides is 3. The summed E-state index contributed by atoms with van der Waals surface area (Å²) in [6.07, 6.45) is 1.66. The number of para-hydroxylation sites is 2. The summed E-state index contributed by atoms with van der Waals surface area (Å²) in [5, 5.41) is 2.94. The predicted octanol–water partition coefficient (Wildman–Crippen LogP) is 3.70. The molecule has 2 aromatic carbocycles. The Kier molecular flexibility index (Phi) is 3.97. The number of fused-ring (bicyclic) bond motifs is 6. The van der Waals surface area contributed by atoms with Crippen LogP contribution in [0.4, 0.5) is 11.4 Å². The van der Waals surface area contributed by atoms with E-state index in [1.807, 2.05) is 30.3 Å². The van der Waals surface area contributed by atoms with Gasteiger partial charge < -0.3 is 10.2 Å². The van der Waals surface area contributed by atoms with Crippen molar-refractivity contribution in [2.24, 2.45) is 5.41 Å². The third-order valence-electron chi connectivity index (χ3n) is 7.40. The van der Waals surface area contributed by atoms with Gasteiger partial charge in [0.1, 0.15) is 12.2 Å². The second-order valence-electron chi connectivity index (χ2n) is 9.14. The summed E-state index contributed by atoms with van der Waals surface area (Å²) >= 11 is 0. The number of nitrogens with one attached hydrogen (secondary N) is 1. The molecule has 3 heterocycles. The van der Waals surface area contributed by atoms with Crippen molar-refractivity contribution < 1.29 is 14.4 Å². The smallest absolute Gasteiger partial charge is 0.258 e. The molecule has 0 spiro atoms. The fourth-order valence-electron chi connectivity index (χ4n) is 5.78. The number of nitrogens with zero attached hydrogens (tertiary/aromatic N) is 2. The SMILES string of the molecule is C=CC(C)(C)[C@@]12C[C@H]3C(=O)Nc4ccccc4C(=O)N3C1N(C(C)=O)c1ccccc12. The second kappa shape index (κ2) is 6.30. The van der Waals surface area contributed by atoms with Crippen molar-refractivity contribution in [1.29, 1.82) is 0 Å². The Bertz CT molecular complexity index is 1150. The number of carbonyl (C=O) groups excluding carboxylic acids is 3. The van der Waals surface area contributed by atoms with E-state index < -0.39 is 23.0 Å². The Balaban J connectivity index is 1.82. The van der Waals surface area contributed by atoms with Crippen LogP contribution in [0, 0.1) is 5.41 Å². The van der Waals surface area contributed by atoms with Crippen molar-refractivity contribution in [2.75, 3.05) is 10.2 Å². The average molecular weight is 415 g/mol. The Labute approximate surface area is 181 Å². The van der Waals surface area contributed by atoms with Crippen LogP contribution in [0.2, 0.25) is 0 Å². The lowest BCUT2D eigenvalue weighted by molar-refractivity contribution is -0.121. The number of benzene rings is 2. The van der Waals surface area contributed by atoms with E-state index in [2.05, 4.69) is 25.7 Å². The number of carbonyl (C=O) groups is 3. The molecule has 3 amide bonds. The lowest BCUT2D eigenvalue weighted by Gasteiger charge is -2.45. The maximum absolute atomic E-state index is 13.9. The van der Waals surface area contributed by atoms with E-state index in [-0.39, 0.29) is 17.7 Å². The van der Waals surface area contributed by atoms with Gasteiger partial charge in [0.05, 0.1) is 11.3 Å². The first-order chi connectivity index (χ1) is 14.7. The summed E-state index contributed by atoms with van der Waals surface area (Å²) in [4.78, 5) is 43.5. The molecule has 1 N–H and O–H groups in total. The molecule has 1 saturated heterocycles. The van der Waals surface area contributed by atoms with E-state index in [9.17, 15) is 14.4 Å². The summed E-state index contributed by atoms with van der Waals surface area (Å²) in [7, 11) is 0. The number of allylic oxidation sites excluding steroid dienone is 1. The van der Waals surface area contributed by atoms with Gasteiger partial charge in [0.25, 0.3) is 5.91 Å². The molecule has 31 heavy (non-hydrogen) atoms. The van der Waals surface area contributed by atoms with E-state index >= 15 is 0 Å². The lowest BCUT2D eigenvalue weighted by atomic mass is 9.60. The Morgan fingerprint density at radius 3 is 2.55 bits per heavy atom. The van der Waals surface area contributed by atoms with E-state index in [0.29, 0.717) is 17.7 Å². The van der Waals surface area contributed by atoms with Gasteiger partial charge in [-0.1, -0.05) is 50.3 Å². The Morgan fingerprint density at radius 1 is 1.16 bits per heavy atom. The number of anilines is 2. The minimum absolute atomic E-state index is 0.162. The molecule has 0 radical (unpaired) electrons. The first kappa shape index (κ1) is 19.5. The van der Waals surface area contributed by atoms with Gasteiger partial charge in [-0.15, -0.1) is 6.58 Å². The number of rotatable bonds is 2. The molecule has 0 aliphatic carbocycles. The van der Waals surface area contributed by atoms with E-state index in [1.54, 1.807) is 34.1 Å². The predicted molar refractivity (Wildman–Crippen MR) is 119 cm³/mol. The van der Waals surface area contributed by atoms with Crippen LogP contribution in [0.1, 0.15) is 43.1 Å². The van der Waals surface area contributed by atoms with Crippen molar-refractivity contribution in [3.8, 4) is 0 Å². The third-order valence-corrected chi connectivity index (χ3v) is 7.40. The highest BCUT2D eigenvalue weighted by Crippen LogP contribution is 2.62. The molecular formula is C25H25N3O3. The van der Waals surface area contributed by atoms with Crippen molar-refractivity contribution in [1.82, 2.24) is 4.90 Å². The van der Waals surface area contributed by atoms with Crippen LogP contribution in [-0.2, 0) is 15.0 Å². The summed E-state index contributed by atoms with van der Waals surface area (Å²) in [6, 6.07) is 14.1. The van der Waals surface area contributed by atoms with Crippen LogP contribution in [-0.4, -0.2) is 34.8 Å². The summed E-state index contributed by atoms with van der Waals surface area (Å²) in [5.74, 6) is -0.636. The quantitative estimate of drug-likeness (QED) is 0.761. The molecule has 5 rings (SSSR count). The number of hydrogen-bond acceptors (Lipinski definition) is 3. The Hall–Kier alpha value is -3.41. The average Bonchev–Trinajstić information content (AvgIpc) is 3.22. The van der Waals surface area contributed by atoms with Gasteiger partial charge in [-0.25, -0.2) is 0 Å². The van der Waals surface area contributed by atoms with Crippen LogP contribution in [0.3, 0.4) is 0 Å². The molecule has 158 valence electrons. The minimum atomic E-state index is -0.695. The van der Waals surface area contributed by atoms with Crippen molar-refractivity contribution in [3.63, 3.8) is 0 Å². The molecule has 1 fully saturated rings. The monoisotopic (exact) mass is 415 g/mol. The van der Waals surface area contributed by atoms with Crippen LogP contribution < -0.4 is 10.2 Å². The standard InChI is InChI=1S/C25H25N3O3/c1-5-24(3,4)25-14-20-21(30)26-18-12-8-6-10-16(18)22(31)28(20)23(25)27(15(2)29)19-13-9-7-11-17(19)25/h5-13,20,23H,1,14H2,2-4H3,(H,26,30)/t20-,23?,25+/m0/s1. The molecule has 1 unspecified atom stereocenters. The highest BCUT2D eigenvalue weighted by atomic mass is 16.2. The van der Waals surface area contributed by atoms with Gasteiger partial charge >= 0.3 is 0 Å². The summed E-state index contributed by atoms with van der Waals surface area (Å²) in [6.45, 7) is 9.72. The molecule has 0 bridgehead atoms. The first-order valence-electron chi connectivity index (χ1n) is 10.5. The zero-order valence-corrected chi connectivity index (χ0v) is 17.9. The molecule has 6 heteroatoms. The fourth-order valence-corrected chi connectivity index (χ4v) is 5.78. The molecule has 3 atom stereocenters. The minimum Gasteiger partial charge on any atom is -0.324 e. The third kappa shape index (κ3) is 2.30. The van der Waals surface area contributed by atoms with Gasteiger partial charge in [-0.3, -0.25) is 19.3 Å². The van der Waals surface area contributed by atoms with Gasteiger partial charge in [-0.05, 0) is 35.6 Å². The summed E-state index contributed by atoms with van der Waals surface area (Å²) < 4.78 is 0. The van der Waals surface area contributed by atoms with Gasteiger partial charge in [0.15, 0.2) is 0 Å². The van der Waals surface area contributed by atoms with E-state index in [4.69, 9.17) is 0 Å². The highest BCUT2D eigenvalue weighted by Gasteiger charge is 2.69. The fraction of sp³-hybridized carbons (Fsp3) is 0.320. The molecular weight excluding hydrogens is 390 g/mol. The largest absolute Gasteiger partial charge is 0.324 e. The molecule has 3 aliphatic rings. The van der Waals surface area contributed by atoms with Crippen LogP contribution >= 0.6 is 0 Å². The lowest BCUT2D eigenvalue weighted by Crippen LogP contribution is -2.58. The molecule has 0 aromatic heterocycles. The van der Waals surface area contributed by atoms with Gasteiger partial charge in [0, 0.05) is 18.0 Å². The van der Waals surface area contributed by atoms with Gasteiger partial charge in [0.2, 0.25) is 11.8 Å². The van der Waals surface area contributed by atoms with E-state index in [0.717, 1.165) is 11.3 Å². The molecule has 2 aromatic rings. The van der Waals surface area contributed by atoms with Crippen molar-refractivity contribution in [3.05, 3.63) is 72.3 Å². The van der Waals surface area contributed by atoms with Crippen molar-refractivity contribution in [2.45, 2.75) is 44.8 Å². The maximum atomic E-state index is 13.9. The highest BCUT2D eigenvalue weighted by molar-refractivity contribution is 6.11. The Morgan fingerprint density at radius 2 is 1.84 bits per heavy atom. The summed E-state index contributed by atoms with van der Waals surface area (Å²) in [5.41, 5.74) is 1.54. The van der Waals surface area contributed by atoms with E-state index in [1.165, 1.54) is 6.92 Å². The number of hydrogen-bond donors (Lipinski definition) is 1. The molecule has 0 saturated carbocycles. The van der Waals surface area contributed by atoms with Gasteiger partial charge in [-0.2, -0.15) is 0 Å². The zero-order chi connectivity index (χ0) is 22.1. The van der Waals surface area contributed by atoms with Crippen LogP contribution in [0.25, 0.3) is 0 Å². The normalized spacial score (nSPS) is 26.4. The van der Waals surface area contributed by atoms with Crippen LogP contribution in [0.5, 0.6) is 0 Å².